The monoisotopic (exact) mass is 372 g/mol. The summed E-state index contributed by atoms with van der Waals surface area (Å²) in [5.74, 6) is 0. The summed E-state index contributed by atoms with van der Waals surface area (Å²) in [5, 5.41) is 0. The van der Waals surface area contributed by atoms with Crippen LogP contribution in [-0.2, 0) is 10.8 Å². The van der Waals surface area contributed by atoms with E-state index < -0.39 is 0 Å². The van der Waals surface area contributed by atoms with E-state index in [4.69, 9.17) is 0 Å². The maximum Gasteiger partial charge on any atom is 0.0719 e. The Kier molecular flexibility index (Phi) is 3.17. The molecule has 0 atom stereocenters. The first kappa shape index (κ1) is 16.8. The fourth-order valence-corrected chi connectivity index (χ4v) is 5.97. The van der Waals surface area contributed by atoms with Crippen molar-refractivity contribution in [3.8, 4) is 11.1 Å². The highest BCUT2D eigenvalue weighted by atomic mass is 14.5. The zero-order valence-electron chi connectivity index (χ0n) is 17.2. The SMILES string of the molecule is Cc1ccc2c(c1)C1(c3ccccc3-c3ccccc31)c1ccccc1C2(C)C. The zero-order chi connectivity index (χ0) is 19.8. The highest BCUT2D eigenvalue weighted by Gasteiger charge is 2.52. The molecule has 2 aliphatic carbocycles. The summed E-state index contributed by atoms with van der Waals surface area (Å²) < 4.78 is 0. The van der Waals surface area contributed by atoms with Gasteiger partial charge in [-0.15, -0.1) is 0 Å². The van der Waals surface area contributed by atoms with Gasteiger partial charge < -0.3 is 0 Å². The maximum absolute atomic E-state index is 2.44. The van der Waals surface area contributed by atoms with Crippen molar-refractivity contribution < 1.29 is 0 Å². The van der Waals surface area contributed by atoms with Crippen LogP contribution in [0.4, 0.5) is 0 Å². The Morgan fingerprint density at radius 3 is 1.59 bits per heavy atom. The van der Waals surface area contributed by atoms with Crippen LogP contribution in [-0.4, -0.2) is 0 Å². The second kappa shape index (κ2) is 5.48. The van der Waals surface area contributed by atoms with E-state index in [1.807, 2.05) is 0 Å². The maximum atomic E-state index is 2.44. The Labute approximate surface area is 172 Å². The van der Waals surface area contributed by atoms with Gasteiger partial charge in [0.05, 0.1) is 5.41 Å². The van der Waals surface area contributed by atoms with Crippen molar-refractivity contribution in [1.29, 1.82) is 0 Å². The van der Waals surface area contributed by atoms with Gasteiger partial charge in [0.1, 0.15) is 0 Å². The summed E-state index contributed by atoms with van der Waals surface area (Å²) in [6, 6.07) is 34.2. The van der Waals surface area contributed by atoms with Gasteiger partial charge in [-0.3, -0.25) is 0 Å². The van der Waals surface area contributed by atoms with E-state index in [9.17, 15) is 0 Å². The molecule has 0 aliphatic heterocycles. The molecule has 0 N–H and O–H groups in total. The molecule has 0 bridgehead atoms. The van der Waals surface area contributed by atoms with E-state index in [2.05, 4.69) is 112 Å². The number of aryl methyl sites for hydroxylation is 1. The van der Waals surface area contributed by atoms with Gasteiger partial charge in [-0.2, -0.15) is 0 Å². The average Bonchev–Trinajstić information content (AvgIpc) is 3.04. The summed E-state index contributed by atoms with van der Waals surface area (Å²) in [5.41, 5.74) is 12.3. The molecule has 140 valence electrons. The van der Waals surface area contributed by atoms with Crippen LogP contribution in [0.3, 0.4) is 0 Å². The predicted molar refractivity (Wildman–Crippen MR) is 121 cm³/mol. The molecule has 0 heteroatoms. The van der Waals surface area contributed by atoms with Crippen molar-refractivity contribution in [3.63, 3.8) is 0 Å². The second-order valence-electron chi connectivity index (χ2n) is 9.06. The minimum absolute atomic E-state index is 0.0304. The van der Waals surface area contributed by atoms with Crippen LogP contribution in [0, 0.1) is 6.92 Å². The Balaban J connectivity index is 1.89. The van der Waals surface area contributed by atoms with Crippen molar-refractivity contribution in [2.45, 2.75) is 31.6 Å². The van der Waals surface area contributed by atoms with Gasteiger partial charge >= 0.3 is 0 Å². The largest absolute Gasteiger partial charge is 0.0719 e. The molecule has 1 spiro atoms. The minimum atomic E-state index is -0.249. The van der Waals surface area contributed by atoms with Crippen molar-refractivity contribution in [2.24, 2.45) is 0 Å². The molecule has 0 amide bonds. The molecule has 0 saturated heterocycles. The van der Waals surface area contributed by atoms with Gasteiger partial charge in [0.15, 0.2) is 0 Å². The fourth-order valence-electron chi connectivity index (χ4n) is 5.97. The molecule has 0 nitrogen and oxygen atoms in total. The molecule has 0 fully saturated rings. The molecule has 0 aromatic heterocycles. The van der Waals surface area contributed by atoms with Crippen LogP contribution in [0.1, 0.15) is 52.8 Å². The van der Waals surface area contributed by atoms with Crippen molar-refractivity contribution in [1.82, 2.24) is 0 Å². The summed E-state index contributed by atoms with van der Waals surface area (Å²) in [6.45, 7) is 6.97. The molecule has 0 unspecified atom stereocenters. The lowest BCUT2D eigenvalue weighted by Crippen LogP contribution is -2.40. The Morgan fingerprint density at radius 2 is 0.966 bits per heavy atom. The lowest BCUT2D eigenvalue weighted by Gasteiger charge is -2.46. The van der Waals surface area contributed by atoms with Gasteiger partial charge in [0.25, 0.3) is 0 Å². The normalized spacial score (nSPS) is 16.7. The molecule has 6 rings (SSSR count). The third-order valence-corrected chi connectivity index (χ3v) is 7.21. The first-order valence-corrected chi connectivity index (χ1v) is 10.5. The van der Waals surface area contributed by atoms with Crippen LogP contribution in [0.2, 0.25) is 0 Å². The van der Waals surface area contributed by atoms with Crippen LogP contribution >= 0.6 is 0 Å². The van der Waals surface area contributed by atoms with Gasteiger partial charge in [-0.1, -0.05) is 110 Å². The van der Waals surface area contributed by atoms with E-state index in [1.165, 1.54) is 50.1 Å². The third kappa shape index (κ3) is 1.90. The van der Waals surface area contributed by atoms with Gasteiger partial charge in [-0.05, 0) is 51.4 Å². The topological polar surface area (TPSA) is 0 Å². The fraction of sp³-hybridized carbons (Fsp3) is 0.172. The molecule has 0 heterocycles. The molecule has 0 radical (unpaired) electrons. The van der Waals surface area contributed by atoms with E-state index >= 15 is 0 Å². The first-order chi connectivity index (χ1) is 14.1. The van der Waals surface area contributed by atoms with Crippen molar-refractivity contribution in [3.05, 3.63) is 130 Å². The summed E-state index contributed by atoms with van der Waals surface area (Å²) in [6.07, 6.45) is 0. The molecule has 2 aliphatic rings. The minimum Gasteiger partial charge on any atom is -0.0619 e. The van der Waals surface area contributed by atoms with Crippen LogP contribution < -0.4 is 0 Å². The van der Waals surface area contributed by atoms with Gasteiger partial charge in [-0.25, -0.2) is 0 Å². The second-order valence-corrected chi connectivity index (χ2v) is 9.06. The number of fused-ring (bicyclic) bond motifs is 9. The molecule has 4 aromatic carbocycles. The zero-order valence-corrected chi connectivity index (χ0v) is 17.2. The number of rotatable bonds is 0. The number of benzene rings is 4. The summed E-state index contributed by atoms with van der Waals surface area (Å²) >= 11 is 0. The highest BCUT2D eigenvalue weighted by Crippen LogP contribution is 2.61. The standard InChI is InChI=1S/C29H24/c1-19-16-17-25-27(18-19)29(26-15-9-8-14-24(26)28(25,2)3)22-12-6-4-10-20(22)21-11-5-7-13-23(21)29/h4-18H,1-3H3. The van der Waals surface area contributed by atoms with Crippen LogP contribution in [0.5, 0.6) is 0 Å². The molecular formula is C29H24. The first-order valence-electron chi connectivity index (χ1n) is 10.5. The Hall–Kier alpha value is -3.12. The van der Waals surface area contributed by atoms with Gasteiger partial charge in [0, 0.05) is 5.41 Å². The molecular weight excluding hydrogens is 348 g/mol. The quantitative estimate of drug-likeness (QED) is 0.274. The predicted octanol–water partition coefficient (Wildman–Crippen LogP) is 7.00. The molecule has 4 aromatic rings. The van der Waals surface area contributed by atoms with Crippen molar-refractivity contribution in [2.75, 3.05) is 0 Å². The van der Waals surface area contributed by atoms with E-state index in [0.717, 1.165) is 0 Å². The lowest BCUT2D eigenvalue weighted by atomic mass is 9.55. The molecule has 29 heavy (non-hydrogen) atoms. The number of hydrogen-bond donors (Lipinski definition) is 0. The Bertz CT molecular complexity index is 1240. The summed E-state index contributed by atoms with van der Waals surface area (Å²) in [7, 11) is 0. The summed E-state index contributed by atoms with van der Waals surface area (Å²) in [4.78, 5) is 0. The average molecular weight is 373 g/mol. The van der Waals surface area contributed by atoms with E-state index in [-0.39, 0.29) is 10.8 Å². The van der Waals surface area contributed by atoms with Crippen LogP contribution in [0.15, 0.2) is 91.0 Å². The molecule has 0 saturated carbocycles. The van der Waals surface area contributed by atoms with Crippen molar-refractivity contribution >= 4 is 0 Å². The van der Waals surface area contributed by atoms with E-state index in [1.54, 1.807) is 0 Å². The number of hydrogen-bond acceptors (Lipinski definition) is 0. The van der Waals surface area contributed by atoms with Crippen LogP contribution in [0.25, 0.3) is 11.1 Å². The lowest BCUT2D eigenvalue weighted by molar-refractivity contribution is 0.563. The highest BCUT2D eigenvalue weighted by molar-refractivity contribution is 5.88. The smallest absolute Gasteiger partial charge is 0.0619 e. The third-order valence-electron chi connectivity index (χ3n) is 7.21. The van der Waals surface area contributed by atoms with E-state index in [0.29, 0.717) is 0 Å². The Morgan fingerprint density at radius 1 is 0.483 bits per heavy atom. The van der Waals surface area contributed by atoms with Gasteiger partial charge in [0.2, 0.25) is 0 Å².